The second-order valence-corrected chi connectivity index (χ2v) is 6.56. The van der Waals surface area contributed by atoms with Gasteiger partial charge < -0.3 is 9.73 Å². The minimum Gasteiger partial charge on any atom is -0.444 e. The highest BCUT2D eigenvalue weighted by Gasteiger charge is 2.24. The number of aryl methyl sites for hydroxylation is 1. The summed E-state index contributed by atoms with van der Waals surface area (Å²) in [4.78, 5) is 4.32. The highest BCUT2D eigenvalue weighted by molar-refractivity contribution is 4.96. The van der Waals surface area contributed by atoms with Crippen molar-refractivity contribution in [2.75, 3.05) is 0 Å². The van der Waals surface area contributed by atoms with E-state index < -0.39 is 0 Å². The summed E-state index contributed by atoms with van der Waals surface area (Å²) in [6.45, 7) is 8.75. The van der Waals surface area contributed by atoms with E-state index in [1.807, 2.05) is 6.92 Å². The van der Waals surface area contributed by atoms with Crippen molar-refractivity contribution in [2.24, 2.45) is 11.8 Å². The van der Waals surface area contributed by atoms with Crippen molar-refractivity contribution in [2.45, 2.75) is 71.9 Å². The summed E-state index contributed by atoms with van der Waals surface area (Å²) in [5.74, 6) is 3.42. The van der Waals surface area contributed by atoms with Crippen LogP contribution in [0.1, 0.15) is 70.6 Å². The molecule has 2 rings (SSSR count). The molecule has 1 saturated carbocycles. The third kappa shape index (κ3) is 4.34. The SMILES string of the molecule is Cc1cnc(C(C)NC2CCCC(CC(C)C)C2)o1. The predicted molar refractivity (Wildman–Crippen MR) is 78.0 cm³/mol. The Labute approximate surface area is 117 Å². The molecule has 3 nitrogen and oxygen atoms in total. The molecule has 19 heavy (non-hydrogen) atoms. The van der Waals surface area contributed by atoms with Gasteiger partial charge in [-0.2, -0.15) is 0 Å². The molecule has 1 aliphatic rings. The van der Waals surface area contributed by atoms with E-state index in [-0.39, 0.29) is 6.04 Å². The van der Waals surface area contributed by atoms with Gasteiger partial charge in [-0.15, -0.1) is 0 Å². The molecule has 1 aliphatic carbocycles. The van der Waals surface area contributed by atoms with Gasteiger partial charge in [0.15, 0.2) is 0 Å². The van der Waals surface area contributed by atoms with Crippen LogP contribution in [-0.4, -0.2) is 11.0 Å². The number of rotatable bonds is 5. The Morgan fingerprint density at radius 1 is 1.37 bits per heavy atom. The Bertz CT molecular complexity index is 386. The van der Waals surface area contributed by atoms with Crippen LogP contribution in [-0.2, 0) is 0 Å². The zero-order valence-corrected chi connectivity index (χ0v) is 12.8. The van der Waals surface area contributed by atoms with Crippen LogP contribution in [0.4, 0.5) is 0 Å². The first kappa shape index (κ1) is 14.6. The van der Waals surface area contributed by atoms with E-state index >= 15 is 0 Å². The maximum absolute atomic E-state index is 5.60. The zero-order chi connectivity index (χ0) is 13.8. The highest BCUT2D eigenvalue weighted by Crippen LogP contribution is 2.30. The minimum absolute atomic E-state index is 0.219. The first-order valence-corrected chi connectivity index (χ1v) is 7.73. The van der Waals surface area contributed by atoms with Gasteiger partial charge >= 0.3 is 0 Å². The van der Waals surface area contributed by atoms with Gasteiger partial charge in [0.2, 0.25) is 5.89 Å². The lowest BCUT2D eigenvalue weighted by atomic mass is 9.81. The van der Waals surface area contributed by atoms with Gasteiger partial charge in [-0.05, 0) is 44.9 Å². The molecule has 1 fully saturated rings. The van der Waals surface area contributed by atoms with Crippen LogP contribution in [0.5, 0.6) is 0 Å². The third-order valence-electron chi connectivity index (χ3n) is 4.08. The Hall–Kier alpha value is -0.830. The number of nitrogens with one attached hydrogen (secondary N) is 1. The molecule has 108 valence electrons. The van der Waals surface area contributed by atoms with Gasteiger partial charge in [0, 0.05) is 6.04 Å². The van der Waals surface area contributed by atoms with Crippen molar-refractivity contribution in [1.29, 1.82) is 0 Å². The summed E-state index contributed by atoms with van der Waals surface area (Å²) in [7, 11) is 0. The third-order valence-corrected chi connectivity index (χ3v) is 4.08. The number of hydrogen-bond donors (Lipinski definition) is 1. The largest absolute Gasteiger partial charge is 0.444 e. The maximum atomic E-state index is 5.60. The molecule has 1 N–H and O–H groups in total. The van der Waals surface area contributed by atoms with Gasteiger partial charge in [-0.1, -0.05) is 26.7 Å². The fourth-order valence-electron chi connectivity index (χ4n) is 3.32. The number of oxazole rings is 1. The van der Waals surface area contributed by atoms with E-state index in [4.69, 9.17) is 4.42 Å². The summed E-state index contributed by atoms with van der Waals surface area (Å²) >= 11 is 0. The molecule has 0 amide bonds. The summed E-state index contributed by atoms with van der Waals surface area (Å²) in [5.41, 5.74) is 0. The van der Waals surface area contributed by atoms with Crippen LogP contribution in [0.25, 0.3) is 0 Å². The average Bonchev–Trinajstić information content (AvgIpc) is 2.75. The fourth-order valence-corrected chi connectivity index (χ4v) is 3.32. The molecule has 0 spiro atoms. The van der Waals surface area contributed by atoms with Crippen molar-refractivity contribution in [3.05, 3.63) is 17.8 Å². The van der Waals surface area contributed by atoms with Crippen molar-refractivity contribution < 1.29 is 4.42 Å². The molecule has 3 heteroatoms. The quantitative estimate of drug-likeness (QED) is 0.864. The van der Waals surface area contributed by atoms with Crippen LogP contribution >= 0.6 is 0 Å². The summed E-state index contributed by atoms with van der Waals surface area (Å²) < 4.78 is 5.60. The first-order valence-electron chi connectivity index (χ1n) is 7.73. The molecule has 3 unspecified atom stereocenters. The van der Waals surface area contributed by atoms with Crippen molar-refractivity contribution in [3.63, 3.8) is 0 Å². The first-order chi connectivity index (χ1) is 9.04. The fraction of sp³-hybridized carbons (Fsp3) is 0.812. The lowest BCUT2D eigenvalue weighted by Crippen LogP contribution is -2.36. The predicted octanol–water partition coefficient (Wildman–Crippen LogP) is 4.24. The van der Waals surface area contributed by atoms with Crippen LogP contribution in [0, 0.1) is 18.8 Å². The van der Waals surface area contributed by atoms with Crippen LogP contribution in [0.15, 0.2) is 10.6 Å². The van der Waals surface area contributed by atoms with Gasteiger partial charge in [-0.25, -0.2) is 4.98 Å². The topological polar surface area (TPSA) is 38.1 Å². The monoisotopic (exact) mass is 264 g/mol. The molecule has 0 radical (unpaired) electrons. The molecule has 0 aliphatic heterocycles. The number of nitrogens with zero attached hydrogens (tertiary/aromatic N) is 1. The molecule has 0 aromatic carbocycles. The van der Waals surface area contributed by atoms with E-state index in [0.717, 1.165) is 23.5 Å². The van der Waals surface area contributed by atoms with Gasteiger partial charge in [0.05, 0.1) is 12.2 Å². The second kappa shape index (κ2) is 6.56. The van der Waals surface area contributed by atoms with E-state index in [9.17, 15) is 0 Å². The van der Waals surface area contributed by atoms with Crippen LogP contribution < -0.4 is 5.32 Å². The Kier molecular flexibility index (Phi) is 5.03. The maximum Gasteiger partial charge on any atom is 0.211 e. The smallest absolute Gasteiger partial charge is 0.211 e. The van der Waals surface area contributed by atoms with E-state index in [0.29, 0.717) is 6.04 Å². The highest BCUT2D eigenvalue weighted by atomic mass is 16.4. The summed E-state index contributed by atoms with van der Waals surface area (Å²) in [6.07, 6.45) is 8.52. The van der Waals surface area contributed by atoms with Crippen molar-refractivity contribution >= 4 is 0 Å². The molecule has 3 atom stereocenters. The number of aromatic nitrogens is 1. The molecule has 1 aromatic rings. The van der Waals surface area contributed by atoms with E-state index in [2.05, 4.69) is 31.1 Å². The molecule has 1 aromatic heterocycles. The standard InChI is InChI=1S/C16H28N2O/c1-11(2)8-14-6-5-7-15(9-14)18-13(4)16-17-10-12(3)19-16/h10-11,13-15,18H,5-9H2,1-4H3. The van der Waals surface area contributed by atoms with E-state index in [1.165, 1.54) is 32.1 Å². The Morgan fingerprint density at radius 3 is 2.79 bits per heavy atom. The second-order valence-electron chi connectivity index (χ2n) is 6.56. The van der Waals surface area contributed by atoms with Gasteiger partial charge in [0.25, 0.3) is 0 Å². The van der Waals surface area contributed by atoms with Gasteiger partial charge in [-0.3, -0.25) is 0 Å². The minimum atomic E-state index is 0.219. The Balaban J connectivity index is 1.84. The lowest BCUT2D eigenvalue weighted by molar-refractivity contribution is 0.234. The Morgan fingerprint density at radius 2 is 2.16 bits per heavy atom. The lowest BCUT2D eigenvalue weighted by Gasteiger charge is -2.32. The summed E-state index contributed by atoms with van der Waals surface area (Å²) in [5, 5.41) is 3.70. The average molecular weight is 264 g/mol. The normalized spacial score (nSPS) is 25.7. The molecule has 0 saturated heterocycles. The molecular formula is C16H28N2O. The summed E-state index contributed by atoms with van der Waals surface area (Å²) in [6, 6.07) is 0.844. The van der Waals surface area contributed by atoms with Gasteiger partial charge in [0.1, 0.15) is 5.76 Å². The zero-order valence-electron chi connectivity index (χ0n) is 12.8. The molecule has 1 heterocycles. The van der Waals surface area contributed by atoms with E-state index in [1.54, 1.807) is 6.20 Å². The molecular weight excluding hydrogens is 236 g/mol. The molecule has 0 bridgehead atoms. The van der Waals surface area contributed by atoms with Crippen LogP contribution in [0.3, 0.4) is 0 Å². The van der Waals surface area contributed by atoms with Crippen molar-refractivity contribution in [3.8, 4) is 0 Å². The van der Waals surface area contributed by atoms with Crippen LogP contribution in [0.2, 0.25) is 0 Å². The van der Waals surface area contributed by atoms with Crippen molar-refractivity contribution in [1.82, 2.24) is 10.3 Å². The number of hydrogen-bond acceptors (Lipinski definition) is 3.